The van der Waals surface area contributed by atoms with E-state index in [-0.39, 0.29) is 24.2 Å². The highest BCUT2D eigenvalue weighted by Gasteiger charge is 2.27. The molecule has 1 rings (SSSR count). The van der Waals surface area contributed by atoms with E-state index in [1.54, 1.807) is 6.92 Å². The first-order valence-electron chi connectivity index (χ1n) is 5.91. The molecule has 0 saturated carbocycles. The van der Waals surface area contributed by atoms with Crippen molar-refractivity contribution in [1.29, 1.82) is 0 Å². The molecule has 0 radical (unpaired) electrons. The van der Waals surface area contributed by atoms with E-state index in [1.807, 2.05) is 6.92 Å². The van der Waals surface area contributed by atoms with Gasteiger partial charge in [0.25, 0.3) is 0 Å². The summed E-state index contributed by atoms with van der Waals surface area (Å²) in [5.41, 5.74) is 0. The highest BCUT2D eigenvalue weighted by molar-refractivity contribution is 5.80. The molecule has 1 saturated heterocycles. The van der Waals surface area contributed by atoms with Crippen molar-refractivity contribution in [3.05, 3.63) is 0 Å². The zero-order valence-electron chi connectivity index (χ0n) is 10.0. The van der Waals surface area contributed by atoms with Gasteiger partial charge in [0.05, 0.1) is 12.2 Å². The van der Waals surface area contributed by atoms with E-state index >= 15 is 0 Å². The molecule has 1 amide bonds. The van der Waals surface area contributed by atoms with E-state index in [4.69, 9.17) is 9.84 Å². The zero-order valence-corrected chi connectivity index (χ0v) is 10.0. The van der Waals surface area contributed by atoms with Crippen molar-refractivity contribution in [2.75, 3.05) is 19.6 Å². The van der Waals surface area contributed by atoms with Crippen molar-refractivity contribution in [2.24, 2.45) is 0 Å². The number of ether oxygens (including phenoxy) is 1. The number of nitrogens with one attached hydrogen (secondary N) is 2. The average Bonchev–Trinajstić information content (AvgIpc) is 2.63. The van der Waals surface area contributed by atoms with Gasteiger partial charge in [0.15, 0.2) is 0 Å². The molecule has 0 aliphatic carbocycles. The van der Waals surface area contributed by atoms with Gasteiger partial charge in [0, 0.05) is 19.6 Å². The molecule has 0 aromatic rings. The van der Waals surface area contributed by atoms with E-state index in [0.29, 0.717) is 19.6 Å². The summed E-state index contributed by atoms with van der Waals surface area (Å²) in [5, 5.41) is 14.8. The molecule has 16 heavy (non-hydrogen) atoms. The van der Waals surface area contributed by atoms with Crippen LogP contribution in [0.1, 0.15) is 26.7 Å². The summed E-state index contributed by atoms with van der Waals surface area (Å²) in [6.07, 6.45) is 1.34. The number of aliphatic hydroxyl groups is 1. The first kappa shape index (κ1) is 13.4. The fourth-order valence-electron chi connectivity index (χ4n) is 1.69. The van der Waals surface area contributed by atoms with Gasteiger partial charge in [-0.2, -0.15) is 0 Å². The van der Waals surface area contributed by atoms with Gasteiger partial charge in [-0.3, -0.25) is 4.79 Å². The molecule has 5 nitrogen and oxygen atoms in total. The van der Waals surface area contributed by atoms with Gasteiger partial charge in [0.1, 0.15) is 6.10 Å². The Morgan fingerprint density at radius 2 is 2.25 bits per heavy atom. The fourth-order valence-corrected chi connectivity index (χ4v) is 1.69. The van der Waals surface area contributed by atoms with E-state index in [9.17, 15) is 4.79 Å². The smallest absolute Gasteiger partial charge is 0.249 e. The summed E-state index contributed by atoms with van der Waals surface area (Å²) in [5.74, 6) is -0.0248. The number of hydrogen-bond acceptors (Lipinski definition) is 4. The second-order valence-corrected chi connectivity index (χ2v) is 4.36. The SMILES string of the molecule is CC(O)CNCCNC(=O)C1CCC(C)O1. The molecule has 1 fully saturated rings. The Bertz CT molecular complexity index is 221. The van der Waals surface area contributed by atoms with E-state index in [1.165, 1.54) is 0 Å². The van der Waals surface area contributed by atoms with Crippen LogP contribution in [0.3, 0.4) is 0 Å². The Hall–Kier alpha value is -0.650. The quantitative estimate of drug-likeness (QED) is 0.545. The number of rotatable bonds is 6. The van der Waals surface area contributed by atoms with Crippen LogP contribution < -0.4 is 10.6 Å². The molecule has 1 heterocycles. The molecule has 3 unspecified atom stereocenters. The Labute approximate surface area is 96.6 Å². The normalized spacial score (nSPS) is 26.7. The lowest BCUT2D eigenvalue weighted by molar-refractivity contribution is -0.131. The van der Waals surface area contributed by atoms with Gasteiger partial charge in [-0.25, -0.2) is 0 Å². The predicted molar refractivity (Wildman–Crippen MR) is 61.1 cm³/mol. The maximum Gasteiger partial charge on any atom is 0.249 e. The summed E-state index contributed by atoms with van der Waals surface area (Å²) < 4.78 is 5.45. The van der Waals surface area contributed by atoms with Gasteiger partial charge < -0.3 is 20.5 Å². The molecule has 1 aliphatic rings. The van der Waals surface area contributed by atoms with E-state index < -0.39 is 0 Å². The van der Waals surface area contributed by atoms with Crippen molar-refractivity contribution >= 4 is 5.91 Å². The van der Waals surface area contributed by atoms with Crippen LogP contribution in [0.25, 0.3) is 0 Å². The minimum absolute atomic E-state index is 0.0248. The zero-order chi connectivity index (χ0) is 12.0. The lowest BCUT2D eigenvalue weighted by Crippen LogP contribution is -2.39. The Kier molecular flexibility index (Phi) is 5.73. The van der Waals surface area contributed by atoms with E-state index in [0.717, 1.165) is 12.8 Å². The molecule has 94 valence electrons. The molecular weight excluding hydrogens is 208 g/mol. The summed E-state index contributed by atoms with van der Waals surface area (Å²) >= 11 is 0. The monoisotopic (exact) mass is 230 g/mol. The lowest BCUT2D eigenvalue weighted by Gasteiger charge is -2.12. The van der Waals surface area contributed by atoms with Crippen LogP contribution in [0.2, 0.25) is 0 Å². The minimum Gasteiger partial charge on any atom is -0.392 e. The maximum atomic E-state index is 11.6. The summed E-state index contributed by atoms with van der Waals surface area (Å²) in [6, 6.07) is 0. The second kappa shape index (κ2) is 6.83. The molecule has 3 atom stereocenters. The molecule has 0 aromatic heterocycles. The summed E-state index contributed by atoms with van der Waals surface area (Å²) in [4.78, 5) is 11.6. The van der Waals surface area contributed by atoms with Crippen molar-refractivity contribution in [3.8, 4) is 0 Å². The molecular formula is C11H22N2O3. The molecule has 0 aromatic carbocycles. The summed E-state index contributed by atoms with van der Waals surface area (Å²) in [7, 11) is 0. The van der Waals surface area contributed by atoms with Crippen molar-refractivity contribution in [2.45, 2.75) is 45.0 Å². The number of carbonyl (C=O) groups is 1. The van der Waals surface area contributed by atoms with Gasteiger partial charge in [-0.05, 0) is 26.7 Å². The fraction of sp³-hybridized carbons (Fsp3) is 0.909. The first-order chi connectivity index (χ1) is 7.59. The van der Waals surface area contributed by atoms with Crippen molar-refractivity contribution in [1.82, 2.24) is 10.6 Å². The van der Waals surface area contributed by atoms with Crippen LogP contribution in [0.5, 0.6) is 0 Å². The molecule has 3 N–H and O–H groups in total. The van der Waals surface area contributed by atoms with Crippen LogP contribution in [-0.4, -0.2) is 49.0 Å². The maximum absolute atomic E-state index is 11.6. The van der Waals surface area contributed by atoms with Gasteiger partial charge in [-0.1, -0.05) is 0 Å². The van der Waals surface area contributed by atoms with Gasteiger partial charge in [0.2, 0.25) is 5.91 Å². The average molecular weight is 230 g/mol. The Morgan fingerprint density at radius 1 is 1.50 bits per heavy atom. The van der Waals surface area contributed by atoms with Crippen molar-refractivity contribution < 1.29 is 14.6 Å². The highest BCUT2D eigenvalue weighted by Crippen LogP contribution is 2.18. The number of hydrogen-bond donors (Lipinski definition) is 3. The largest absolute Gasteiger partial charge is 0.392 e. The molecule has 5 heteroatoms. The van der Waals surface area contributed by atoms with Gasteiger partial charge in [-0.15, -0.1) is 0 Å². The third-order valence-electron chi connectivity index (χ3n) is 2.57. The standard InChI is InChI=1S/C11H22N2O3/c1-8(14)7-12-5-6-13-11(15)10-4-3-9(2)16-10/h8-10,12,14H,3-7H2,1-2H3,(H,13,15). The number of carbonyl (C=O) groups excluding carboxylic acids is 1. The van der Waals surface area contributed by atoms with Crippen LogP contribution in [-0.2, 0) is 9.53 Å². The molecule has 0 spiro atoms. The van der Waals surface area contributed by atoms with Crippen LogP contribution >= 0.6 is 0 Å². The van der Waals surface area contributed by atoms with Gasteiger partial charge >= 0.3 is 0 Å². The highest BCUT2D eigenvalue weighted by atomic mass is 16.5. The Morgan fingerprint density at radius 3 is 2.81 bits per heavy atom. The molecule has 1 aliphatic heterocycles. The van der Waals surface area contributed by atoms with Crippen LogP contribution in [0.4, 0.5) is 0 Å². The number of aliphatic hydroxyl groups excluding tert-OH is 1. The van der Waals surface area contributed by atoms with E-state index in [2.05, 4.69) is 10.6 Å². The summed E-state index contributed by atoms with van der Waals surface area (Å²) in [6.45, 7) is 5.49. The second-order valence-electron chi connectivity index (χ2n) is 4.36. The third-order valence-corrected chi connectivity index (χ3v) is 2.57. The van der Waals surface area contributed by atoms with Crippen molar-refractivity contribution in [3.63, 3.8) is 0 Å². The predicted octanol–water partition coefficient (Wildman–Crippen LogP) is -0.359. The lowest BCUT2D eigenvalue weighted by atomic mass is 10.2. The van der Waals surface area contributed by atoms with Crippen LogP contribution in [0.15, 0.2) is 0 Å². The molecule has 0 bridgehead atoms. The first-order valence-corrected chi connectivity index (χ1v) is 5.91. The van der Waals surface area contributed by atoms with Crippen LogP contribution in [0, 0.1) is 0 Å². The third kappa shape index (κ3) is 4.92. The number of amides is 1. The topological polar surface area (TPSA) is 70.6 Å². The Balaban J connectivity index is 2.02. The minimum atomic E-state index is -0.352.